The number of methoxy groups -OCH3 is 3. The van der Waals surface area contributed by atoms with E-state index in [9.17, 15) is 9.59 Å². The van der Waals surface area contributed by atoms with E-state index in [1.54, 1.807) is 25.1 Å². The highest BCUT2D eigenvalue weighted by molar-refractivity contribution is 5.80. The molecule has 1 amide bonds. The molecule has 0 saturated heterocycles. The Morgan fingerprint density at radius 1 is 1.22 bits per heavy atom. The topological polar surface area (TPSA) is 94.1 Å². The standard InChI is InChI=1S/C16H23NO6/c1-10(9-21-2)16(20)17-13(8-15(18)19)12-6-5-11(22-3)7-14(12)23-4/h5-7,10,13H,8-9H2,1-4H3,(H,17,20)(H,18,19). The highest BCUT2D eigenvalue weighted by Gasteiger charge is 2.24. The molecule has 0 aliphatic rings. The Morgan fingerprint density at radius 2 is 1.91 bits per heavy atom. The van der Waals surface area contributed by atoms with Gasteiger partial charge in [-0.1, -0.05) is 6.92 Å². The highest BCUT2D eigenvalue weighted by atomic mass is 16.5. The molecule has 2 unspecified atom stereocenters. The second kappa shape index (κ2) is 8.99. The van der Waals surface area contributed by atoms with Gasteiger partial charge in [-0.15, -0.1) is 0 Å². The van der Waals surface area contributed by atoms with Gasteiger partial charge in [0.15, 0.2) is 0 Å². The van der Waals surface area contributed by atoms with Crippen LogP contribution in [0.3, 0.4) is 0 Å². The van der Waals surface area contributed by atoms with Crippen molar-refractivity contribution in [2.75, 3.05) is 27.9 Å². The van der Waals surface area contributed by atoms with Gasteiger partial charge in [-0.2, -0.15) is 0 Å². The number of carboxylic acids is 1. The fourth-order valence-corrected chi connectivity index (χ4v) is 2.16. The van der Waals surface area contributed by atoms with Crippen LogP contribution in [0.4, 0.5) is 0 Å². The maximum atomic E-state index is 12.2. The van der Waals surface area contributed by atoms with Crippen LogP contribution >= 0.6 is 0 Å². The largest absolute Gasteiger partial charge is 0.497 e. The fourth-order valence-electron chi connectivity index (χ4n) is 2.16. The summed E-state index contributed by atoms with van der Waals surface area (Å²) in [7, 11) is 4.51. The molecule has 0 aromatic heterocycles. The molecule has 7 heteroatoms. The van der Waals surface area contributed by atoms with E-state index in [2.05, 4.69) is 5.32 Å². The zero-order valence-corrected chi connectivity index (χ0v) is 13.8. The molecule has 1 aromatic rings. The van der Waals surface area contributed by atoms with Gasteiger partial charge in [-0.25, -0.2) is 0 Å². The number of amides is 1. The van der Waals surface area contributed by atoms with Gasteiger partial charge in [0, 0.05) is 18.7 Å². The van der Waals surface area contributed by atoms with Crippen molar-refractivity contribution >= 4 is 11.9 Å². The zero-order valence-electron chi connectivity index (χ0n) is 13.8. The van der Waals surface area contributed by atoms with E-state index in [1.807, 2.05) is 0 Å². The van der Waals surface area contributed by atoms with Gasteiger partial charge in [0.2, 0.25) is 5.91 Å². The van der Waals surface area contributed by atoms with Crippen LogP contribution in [0.2, 0.25) is 0 Å². The van der Waals surface area contributed by atoms with Gasteiger partial charge in [0.25, 0.3) is 0 Å². The lowest BCUT2D eigenvalue weighted by Crippen LogP contribution is -2.35. The van der Waals surface area contributed by atoms with Crippen molar-refractivity contribution in [2.24, 2.45) is 5.92 Å². The van der Waals surface area contributed by atoms with Crippen molar-refractivity contribution in [3.8, 4) is 11.5 Å². The molecule has 0 aliphatic heterocycles. The first kappa shape index (κ1) is 18.8. The van der Waals surface area contributed by atoms with Crippen molar-refractivity contribution in [2.45, 2.75) is 19.4 Å². The Bertz CT molecular complexity index is 545. The molecular formula is C16H23NO6. The van der Waals surface area contributed by atoms with E-state index < -0.39 is 12.0 Å². The lowest BCUT2D eigenvalue weighted by molar-refractivity contribution is -0.138. The Labute approximate surface area is 135 Å². The number of hydrogen-bond donors (Lipinski definition) is 2. The average molecular weight is 325 g/mol. The quantitative estimate of drug-likeness (QED) is 0.716. The lowest BCUT2D eigenvalue weighted by atomic mass is 10.0. The Kier molecular flexibility index (Phi) is 7.34. The Balaban J connectivity index is 3.06. The molecule has 2 N–H and O–H groups in total. The number of rotatable bonds is 9. The maximum Gasteiger partial charge on any atom is 0.305 e. The molecule has 0 radical (unpaired) electrons. The molecule has 0 bridgehead atoms. The van der Waals surface area contributed by atoms with E-state index in [1.165, 1.54) is 21.3 Å². The summed E-state index contributed by atoms with van der Waals surface area (Å²) in [6, 6.07) is 4.32. The molecule has 0 spiro atoms. The van der Waals surface area contributed by atoms with Gasteiger partial charge >= 0.3 is 5.97 Å². The van der Waals surface area contributed by atoms with Gasteiger partial charge in [-0.3, -0.25) is 9.59 Å². The molecule has 2 atom stereocenters. The third-order valence-electron chi connectivity index (χ3n) is 3.38. The van der Waals surface area contributed by atoms with E-state index in [0.29, 0.717) is 17.1 Å². The van der Waals surface area contributed by atoms with Gasteiger partial charge in [0.1, 0.15) is 11.5 Å². The monoisotopic (exact) mass is 325 g/mol. The van der Waals surface area contributed by atoms with E-state index >= 15 is 0 Å². The van der Waals surface area contributed by atoms with Crippen molar-refractivity contribution in [1.82, 2.24) is 5.32 Å². The van der Waals surface area contributed by atoms with Crippen LogP contribution in [0.15, 0.2) is 18.2 Å². The van der Waals surface area contributed by atoms with E-state index in [0.717, 1.165) is 0 Å². The molecule has 7 nitrogen and oxygen atoms in total. The second-order valence-electron chi connectivity index (χ2n) is 5.12. The van der Waals surface area contributed by atoms with E-state index in [4.69, 9.17) is 19.3 Å². The Hall–Kier alpha value is -2.28. The summed E-state index contributed by atoms with van der Waals surface area (Å²) in [4.78, 5) is 23.3. The summed E-state index contributed by atoms with van der Waals surface area (Å²) in [5.74, 6) is -0.655. The summed E-state index contributed by atoms with van der Waals surface area (Å²) < 4.78 is 15.4. The van der Waals surface area contributed by atoms with Gasteiger partial charge in [-0.05, 0) is 12.1 Å². The third-order valence-corrected chi connectivity index (χ3v) is 3.38. The first-order valence-electron chi connectivity index (χ1n) is 7.15. The molecule has 23 heavy (non-hydrogen) atoms. The number of hydrogen-bond acceptors (Lipinski definition) is 5. The molecule has 0 heterocycles. The number of carbonyl (C=O) groups is 2. The lowest BCUT2D eigenvalue weighted by Gasteiger charge is -2.22. The van der Waals surface area contributed by atoms with Crippen LogP contribution in [-0.4, -0.2) is 44.9 Å². The predicted molar refractivity (Wildman–Crippen MR) is 83.7 cm³/mol. The highest BCUT2D eigenvalue weighted by Crippen LogP contribution is 2.31. The first-order chi connectivity index (χ1) is 10.9. The molecule has 0 aliphatic carbocycles. The smallest absolute Gasteiger partial charge is 0.305 e. The average Bonchev–Trinajstić information content (AvgIpc) is 2.53. The predicted octanol–water partition coefficient (Wildman–Crippen LogP) is 1.62. The van der Waals surface area contributed by atoms with Crippen LogP contribution < -0.4 is 14.8 Å². The van der Waals surface area contributed by atoms with Crippen LogP contribution in [0.1, 0.15) is 24.9 Å². The Morgan fingerprint density at radius 3 is 2.43 bits per heavy atom. The molecule has 1 aromatic carbocycles. The minimum atomic E-state index is -1.02. The SMILES string of the molecule is COCC(C)C(=O)NC(CC(=O)O)c1ccc(OC)cc1OC. The van der Waals surface area contributed by atoms with Crippen molar-refractivity contribution in [1.29, 1.82) is 0 Å². The summed E-state index contributed by atoms with van der Waals surface area (Å²) in [5.41, 5.74) is 0.577. The van der Waals surface area contributed by atoms with Crippen molar-refractivity contribution in [3.63, 3.8) is 0 Å². The van der Waals surface area contributed by atoms with E-state index in [-0.39, 0.29) is 24.9 Å². The summed E-state index contributed by atoms with van der Waals surface area (Å²) in [6.07, 6.45) is -0.256. The number of carbonyl (C=O) groups excluding carboxylic acids is 1. The normalized spacial score (nSPS) is 13.0. The summed E-state index contributed by atoms with van der Waals surface area (Å²) >= 11 is 0. The zero-order chi connectivity index (χ0) is 17.4. The number of carboxylic acid groups (broad SMARTS) is 1. The number of aliphatic carboxylic acids is 1. The fraction of sp³-hybridized carbons (Fsp3) is 0.500. The number of nitrogens with one attached hydrogen (secondary N) is 1. The summed E-state index contributed by atoms with van der Waals surface area (Å²) in [6.45, 7) is 1.97. The van der Waals surface area contributed by atoms with Crippen LogP contribution in [-0.2, 0) is 14.3 Å². The number of benzene rings is 1. The van der Waals surface area contributed by atoms with Crippen molar-refractivity contribution < 1.29 is 28.9 Å². The number of ether oxygens (including phenoxy) is 3. The van der Waals surface area contributed by atoms with Gasteiger partial charge in [0.05, 0.1) is 39.2 Å². The third kappa shape index (κ3) is 5.45. The van der Waals surface area contributed by atoms with Crippen molar-refractivity contribution in [3.05, 3.63) is 23.8 Å². The molecule has 1 rings (SSSR count). The first-order valence-corrected chi connectivity index (χ1v) is 7.15. The molecular weight excluding hydrogens is 302 g/mol. The van der Waals surface area contributed by atoms with Crippen LogP contribution in [0, 0.1) is 5.92 Å². The minimum absolute atomic E-state index is 0.255. The minimum Gasteiger partial charge on any atom is -0.497 e. The molecule has 128 valence electrons. The second-order valence-corrected chi connectivity index (χ2v) is 5.12. The maximum absolute atomic E-state index is 12.2. The molecule has 0 saturated carbocycles. The van der Waals surface area contributed by atoms with Crippen LogP contribution in [0.25, 0.3) is 0 Å². The van der Waals surface area contributed by atoms with Gasteiger partial charge < -0.3 is 24.6 Å². The summed E-state index contributed by atoms with van der Waals surface area (Å²) in [5, 5.41) is 11.9. The molecule has 0 fully saturated rings. The van der Waals surface area contributed by atoms with Crippen LogP contribution in [0.5, 0.6) is 11.5 Å².